The van der Waals surface area contributed by atoms with Crippen molar-refractivity contribution >= 4 is 130 Å². The molecule has 0 spiro atoms. The number of rotatable bonds is 13. The molecule has 0 N–H and O–H groups in total. The van der Waals surface area contributed by atoms with E-state index in [1.165, 1.54) is 88.1 Å². The van der Waals surface area contributed by atoms with Crippen LogP contribution in [0.1, 0.15) is 169 Å². The number of hydrogen-bond acceptors (Lipinski definition) is 3. The Morgan fingerprint density at radius 1 is 0.222 bits per heavy atom. The number of nitrogens with zero attached hydrogens (tertiary/aromatic N) is 5. The number of halogens is 3. The fourth-order valence-corrected chi connectivity index (χ4v) is 16.3. The molecule has 5 nitrogen and oxygen atoms in total. The second-order valence-electron chi connectivity index (χ2n) is 37.2. The Bertz CT molecular complexity index is 5940. The molecule has 0 aliphatic rings. The van der Waals surface area contributed by atoms with E-state index in [2.05, 4.69) is 458 Å². The lowest BCUT2D eigenvalue weighted by atomic mass is 9.85. The summed E-state index contributed by atoms with van der Waals surface area (Å²) in [5.74, 6) is 0. The molecule has 14 aromatic carbocycles. The Balaban J connectivity index is 0.000000163. The summed E-state index contributed by atoms with van der Waals surface area (Å²) >= 11 is 21.1. The summed E-state index contributed by atoms with van der Waals surface area (Å²) in [6.45, 7) is 40.5. The topological polar surface area (TPSA) is 19.6 Å². The lowest BCUT2D eigenvalue weighted by Gasteiger charge is -2.32. The first-order valence-corrected chi connectivity index (χ1v) is 42.1. The van der Waals surface area contributed by atoms with Gasteiger partial charge < -0.3 is 23.8 Å². The lowest BCUT2D eigenvalue weighted by Crippen LogP contribution is -2.16. The maximum atomic E-state index is 7.82. The van der Waals surface area contributed by atoms with Crippen LogP contribution in [-0.4, -0.2) is 9.13 Å². The van der Waals surface area contributed by atoms with Gasteiger partial charge in [-0.2, -0.15) is 0 Å². The maximum absolute atomic E-state index is 7.82. The molecular weight excluding hydrogens is 1490 g/mol. The van der Waals surface area contributed by atoms with Gasteiger partial charge in [-0.05, 0) is 217 Å². The summed E-state index contributed by atoms with van der Waals surface area (Å²) in [4.78, 5) is 6.78. The smallest absolute Gasteiger partial charge is 0.0887 e. The summed E-state index contributed by atoms with van der Waals surface area (Å²) in [6.07, 6.45) is 1.01. The largest absolute Gasteiger partial charge is 0.309 e. The highest BCUT2D eigenvalue weighted by molar-refractivity contribution is 6.44. The molecule has 0 aliphatic carbocycles. The van der Waals surface area contributed by atoms with Gasteiger partial charge >= 0.3 is 0 Å². The fraction of sp³-hybridized carbons (Fsp3) is 0.229. The van der Waals surface area contributed by atoms with E-state index in [9.17, 15) is 0 Å². The number of benzene rings is 14. The van der Waals surface area contributed by atoms with Gasteiger partial charge in [-0.15, -0.1) is 0 Å². The molecule has 2 heterocycles. The predicted octanol–water partition coefficient (Wildman–Crippen LogP) is 33.0. The number of aromatic nitrogens is 2. The van der Waals surface area contributed by atoms with Crippen molar-refractivity contribution in [1.82, 2.24) is 9.13 Å². The second-order valence-corrected chi connectivity index (χ2v) is 38.4. The average molecular weight is 1600 g/mol. The summed E-state index contributed by atoms with van der Waals surface area (Å²) < 4.78 is 4.70. The standard InChI is InChI=1S/C54H54ClN3.C34H28Cl2N2.C21H28/c1-52(2,3)37-24-30-40(31-25-37)56(41-32-26-38(27-33-41)53(4,5)6)49-22-15-23-50(51(49)55)57(42-34-28-39(29-35-42)54(7,8)9)43-16-14-17-44(36-43)58-47-20-12-10-18-45(47)46-19-11-13-21-48(46)58;1-34(2,3)23-18-20-24(21-19-23)37(32-17-9-14-29(35)33(32)36)25-10-8-11-26(22-25)38-30-15-6-4-12-27(30)28-13-5-7-16-31(28)38;1-20(2,3)18-11-7-16(8-12-18)15-17-9-13-19(14-10-17)21(4,5)6/h10-36H,1-9H3;4-22H,1-3H3;7-14H,15H2,1-6H3. The Labute approximate surface area is 710 Å². The molecule has 0 bridgehead atoms. The van der Waals surface area contributed by atoms with Crippen LogP contribution in [0.25, 0.3) is 55.0 Å². The Morgan fingerprint density at radius 2 is 0.453 bits per heavy atom. The Morgan fingerprint density at radius 3 is 0.726 bits per heavy atom. The number of para-hydroxylation sites is 4. The third-order valence-electron chi connectivity index (χ3n) is 22.5. The summed E-state index contributed by atoms with van der Waals surface area (Å²) in [6, 6.07) is 118. The first-order valence-electron chi connectivity index (χ1n) is 41.0. The summed E-state index contributed by atoms with van der Waals surface area (Å²) in [5, 5.41) is 6.65. The zero-order valence-corrected chi connectivity index (χ0v) is 73.5. The Hall–Kier alpha value is -11.1. The van der Waals surface area contributed by atoms with Crippen LogP contribution in [0.3, 0.4) is 0 Å². The van der Waals surface area contributed by atoms with Crippen LogP contribution in [0.15, 0.2) is 328 Å². The van der Waals surface area contributed by atoms with E-state index in [0.717, 1.165) is 69.0 Å². The van der Waals surface area contributed by atoms with E-state index in [0.29, 0.717) is 15.1 Å². The van der Waals surface area contributed by atoms with E-state index in [-0.39, 0.29) is 32.5 Å². The minimum atomic E-state index is 0.0168. The van der Waals surface area contributed by atoms with Crippen LogP contribution >= 0.6 is 34.8 Å². The summed E-state index contributed by atoms with van der Waals surface area (Å²) in [5.41, 5.74) is 26.9. The van der Waals surface area contributed by atoms with Gasteiger partial charge in [0.15, 0.2) is 0 Å². The van der Waals surface area contributed by atoms with Crippen molar-refractivity contribution in [1.29, 1.82) is 0 Å². The van der Waals surface area contributed by atoms with Crippen LogP contribution in [0, 0.1) is 0 Å². The highest BCUT2D eigenvalue weighted by atomic mass is 35.5. The molecule has 0 fully saturated rings. The number of anilines is 9. The van der Waals surface area contributed by atoms with Gasteiger partial charge in [0.25, 0.3) is 0 Å². The quantitative estimate of drug-likeness (QED) is 0.115. The normalized spacial score (nSPS) is 12.2. The number of fused-ring (bicyclic) bond motifs is 6. The average Bonchev–Trinajstić information content (AvgIpc) is 1.64. The second kappa shape index (κ2) is 33.2. The predicted molar refractivity (Wildman–Crippen MR) is 509 cm³/mol. The van der Waals surface area contributed by atoms with Crippen molar-refractivity contribution in [2.45, 2.75) is 164 Å². The number of hydrogen-bond donors (Lipinski definition) is 0. The van der Waals surface area contributed by atoms with Crippen LogP contribution in [0.2, 0.25) is 15.1 Å². The molecule has 0 amide bonds. The molecule has 8 heteroatoms. The molecule has 0 saturated heterocycles. The SMILES string of the molecule is CC(C)(C)c1ccc(Cc2ccc(C(C)(C)C)cc2)cc1.CC(C)(C)c1ccc(N(c2ccc(C(C)(C)C)cc2)c2cccc(N(c3ccc(C(C)(C)C)cc3)c3cccc(-n4c5ccccc5c5ccccc54)c3)c2Cl)cc1.CC(C)(C)c1ccc(N(c2cccc(-n3c4ccccc4c4ccccc43)c2)c2cccc(Cl)c2Cl)cc1. The highest BCUT2D eigenvalue weighted by Crippen LogP contribution is 2.50. The molecule has 0 aliphatic heterocycles. The van der Waals surface area contributed by atoms with Crippen LogP contribution in [0.5, 0.6) is 0 Å². The third kappa shape index (κ3) is 17.9. The minimum Gasteiger partial charge on any atom is -0.309 e. The lowest BCUT2D eigenvalue weighted by molar-refractivity contribution is 0.589. The molecule has 0 radical (unpaired) electrons. The van der Waals surface area contributed by atoms with Crippen molar-refractivity contribution in [3.8, 4) is 11.4 Å². The van der Waals surface area contributed by atoms with Gasteiger partial charge in [0.1, 0.15) is 0 Å². The monoisotopic (exact) mass is 1590 g/mol. The molecule has 592 valence electrons. The van der Waals surface area contributed by atoms with E-state index in [4.69, 9.17) is 34.8 Å². The van der Waals surface area contributed by atoms with E-state index in [1.807, 2.05) is 18.2 Å². The van der Waals surface area contributed by atoms with Crippen LogP contribution < -0.4 is 14.7 Å². The molecular formula is C109H110Cl3N5. The van der Waals surface area contributed by atoms with Gasteiger partial charge in [0.05, 0.1) is 54.2 Å². The van der Waals surface area contributed by atoms with Crippen molar-refractivity contribution in [3.05, 3.63) is 387 Å². The molecule has 16 aromatic rings. The zero-order valence-electron chi connectivity index (χ0n) is 71.3. The summed E-state index contributed by atoms with van der Waals surface area (Å²) in [7, 11) is 0. The van der Waals surface area contributed by atoms with E-state index in [1.54, 1.807) is 0 Å². The molecule has 16 rings (SSSR count). The Kier molecular flexibility index (Phi) is 23.4. The molecule has 0 unspecified atom stereocenters. The van der Waals surface area contributed by atoms with Gasteiger partial charge in [-0.3, -0.25) is 0 Å². The molecule has 0 saturated carbocycles. The van der Waals surface area contributed by atoms with Crippen molar-refractivity contribution in [3.63, 3.8) is 0 Å². The van der Waals surface area contributed by atoms with Gasteiger partial charge in [-0.1, -0.05) is 354 Å². The van der Waals surface area contributed by atoms with E-state index < -0.39 is 0 Å². The maximum Gasteiger partial charge on any atom is 0.0887 e. The molecule has 2 aromatic heterocycles. The third-order valence-corrected chi connectivity index (χ3v) is 23.7. The van der Waals surface area contributed by atoms with Crippen LogP contribution in [0.4, 0.5) is 51.2 Å². The van der Waals surface area contributed by atoms with Crippen LogP contribution in [-0.2, 0) is 38.9 Å². The van der Waals surface area contributed by atoms with Gasteiger partial charge in [-0.25, -0.2) is 0 Å². The zero-order chi connectivity index (χ0) is 83.1. The fourth-order valence-electron chi connectivity index (χ4n) is 15.7. The highest BCUT2D eigenvalue weighted by Gasteiger charge is 2.28. The minimum absolute atomic E-state index is 0.0168. The first kappa shape index (κ1) is 82.5. The van der Waals surface area contributed by atoms with Crippen molar-refractivity contribution in [2.24, 2.45) is 0 Å². The van der Waals surface area contributed by atoms with Gasteiger partial charge in [0, 0.05) is 67.0 Å². The van der Waals surface area contributed by atoms with Crippen molar-refractivity contribution in [2.75, 3.05) is 14.7 Å². The van der Waals surface area contributed by atoms with E-state index >= 15 is 0 Å². The first-order chi connectivity index (χ1) is 55.6. The van der Waals surface area contributed by atoms with Crippen molar-refractivity contribution < 1.29 is 0 Å². The van der Waals surface area contributed by atoms with Gasteiger partial charge in [0.2, 0.25) is 0 Å². The molecule has 0 atom stereocenters. The molecule has 117 heavy (non-hydrogen) atoms.